The van der Waals surface area contributed by atoms with Gasteiger partial charge in [-0.2, -0.15) is 0 Å². The maximum Gasteiger partial charge on any atom is 0.303 e. The first-order valence-corrected chi connectivity index (χ1v) is 9.38. The Morgan fingerprint density at radius 2 is 2.00 bits per heavy atom. The van der Waals surface area contributed by atoms with Gasteiger partial charge >= 0.3 is 5.97 Å². The molecule has 1 aromatic rings. The van der Waals surface area contributed by atoms with Gasteiger partial charge in [-0.05, 0) is 19.4 Å². The molecule has 0 amide bonds. The molecule has 1 aromatic carbocycles. The van der Waals surface area contributed by atoms with Gasteiger partial charge in [0.2, 0.25) is 0 Å². The number of benzene rings is 1. The number of rotatable bonds is 8. The molecule has 2 aliphatic heterocycles. The predicted molar refractivity (Wildman–Crippen MR) is 100 cm³/mol. The monoisotopic (exact) mass is 392 g/mol. The lowest BCUT2D eigenvalue weighted by molar-refractivity contribution is -0.256. The number of carbonyl (C=O) groups excluding carboxylic acids is 1. The molecule has 1 N–H and O–H groups in total. The van der Waals surface area contributed by atoms with Gasteiger partial charge in [0.05, 0.1) is 13.2 Å². The van der Waals surface area contributed by atoms with Crippen molar-refractivity contribution < 1.29 is 33.6 Å². The normalized spacial score (nSPS) is 31.9. The molecule has 28 heavy (non-hydrogen) atoms. The molecule has 1 unspecified atom stereocenters. The second-order valence-corrected chi connectivity index (χ2v) is 7.61. The molecule has 0 spiro atoms. The summed E-state index contributed by atoms with van der Waals surface area (Å²) in [5.74, 6) is -1.26. The number of aliphatic hydroxyl groups excluding tert-OH is 1. The van der Waals surface area contributed by atoms with E-state index in [1.165, 1.54) is 13.0 Å². The molecule has 2 heterocycles. The number of hydrogen-bond donors (Lipinski definition) is 1. The maximum atomic E-state index is 11.4. The Morgan fingerprint density at radius 3 is 2.61 bits per heavy atom. The van der Waals surface area contributed by atoms with Crippen LogP contribution in [0.3, 0.4) is 0 Å². The van der Waals surface area contributed by atoms with Gasteiger partial charge in [0, 0.05) is 13.3 Å². The summed E-state index contributed by atoms with van der Waals surface area (Å²) in [6.45, 7) is 8.61. The van der Waals surface area contributed by atoms with E-state index in [1.54, 1.807) is 13.8 Å². The van der Waals surface area contributed by atoms with Crippen molar-refractivity contribution in [2.45, 2.75) is 69.8 Å². The molecule has 7 heteroatoms. The highest BCUT2D eigenvalue weighted by molar-refractivity contribution is 5.66. The van der Waals surface area contributed by atoms with E-state index in [-0.39, 0.29) is 13.0 Å². The standard InChI is InChI=1S/C21H28O7/c1-5-16(25-14(2)23)11-21(13-22)18(24-12-15-9-7-6-8-10-15)17-19(28-21)27-20(3,4)26-17/h5-10,16-19,22H,1,11-13H2,2-4H3/t16?,17-,18-,19+,21+/m1/s1. The summed E-state index contributed by atoms with van der Waals surface area (Å²) in [6.07, 6.45) is -0.788. The molecule has 0 aliphatic carbocycles. The number of carbonyl (C=O) groups is 1. The fourth-order valence-corrected chi connectivity index (χ4v) is 3.74. The molecular weight excluding hydrogens is 364 g/mol. The third-order valence-corrected chi connectivity index (χ3v) is 4.92. The van der Waals surface area contributed by atoms with E-state index in [2.05, 4.69) is 6.58 Å². The highest BCUT2D eigenvalue weighted by atomic mass is 16.8. The number of ether oxygens (including phenoxy) is 5. The highest BCUT2D eigenvalue weighted by Crippen LogP contribution is 2.46. The molecule has 7 nitrogen and oxygen atoms in total. The van der Waals surface area contributed by atoms with Gasteiger partial charge in [-0.25, -0.2) is 0 Å². The predicted octanol–water partition coefficient (Wildman–Crippen LogP) is 2.32. The summed E-state index contributed by atoms with van der Waals surface area (Å²) >= 11 is 0. The Balaban J connectivity index is 1.83. The molecule has 2 fully saturated rings. The van der Waals surface area contributed by atoms with Crippen molar-refractivity contribution in [2.24, 2.45) is 0 Å². The molecule has 2 saturated heterocycles. The number of esters is 1. The Hall–Kier alpha value is -1.77. The SMILES string of the molecule is C=CC(C[C@@]1(CO)O[C@@H]2OC(C)(C)O[C@@H]2[C@H]1OCc1ccccc1)OC(C)=O. The maximum absolute atomic E-state index is 11.4. The van der Waals surface area contributed by atoms with Crippen LogP contribution in [0.4, 0.5) is 0 Å². The van der Waals surface area contributed by atoms with Crippen molar-refractivity contribution >= 4 is 5.97 Å². The molecule has 0 bridgehead atoms. The van der Waals surface area contributed by atoms with Crippen molar-refractivity contribution in [3.8, 4) is 0 Å². The van der Waals surface area contributed by atoms with Crippen molar-refractivity contribution in [1.82, 2.24) is 0 Å². The average Bonchev–Trinajstić information content (AvgIpc) is 3.08. The van der Waals surface area contributed by atoms with E-state index in [4.69, 9.17) is 23.7 Å². The van der Waals surface area contributed by atoms with Gasteiger partial charge in [-0.1, -0.05) is 43.0 Å². The van der Waals surface area contributed by atoms with Crippen LogP contribution in [0.15, 0.2) is 43.0 Å². The fourth-order valence-electron chi connectivity index (χ4n) is 3.74. The van der Waals surface area contributed by atoms with Crippen LogP contribution in [0.5, 0.6) is 0 Å². The van der Waals surface area contributed by atoms with Crippen LogP contribution in [0.2, 0.25) is 0 Å². The third kappa shape index (κ3) is 4.45. The van der Waals surface area contributed by atoms with Crippen molar-refractivity contribution in [3.63, 3.8) is 0 Å². The summed E-state index contributed by atoms with van der Waals surface area (Å²) in [5.41, 5.74) is -0.175. The van der Waals surface area contributed by atoms with Gasteiger partial charge in [0.1, 0.15) is 23.9 Å². The van der Waals surface area contributed by atoms with Gasteiger partial charge in [0.25, 0.3) is 0 Å². The summed E-state index contributed by atoms with van der Waals surface area (Å²) in [5, 5.41) is 10.3. The zero-order valence-corrected chi connectivity index (χ0v) is 16.5. The number of fused-ring (bicyclic) bond motifs is 1. The Labute approximate surface area is 165 Å². The Bertz CT molecular complexity index is 689. The number of hydrogen-bond acceptors (Lipinski definition) is 7. The second kappa shape index (κ2) is 8.31. The minimum atomic E-state index is -1.16. The van der Waals surface area contributed by atoms with Gasteiger partial charge in [-0.15, -0.1) is 0 Å². The molecule has 0 aromatic heterocycles. The van der Waals surface area contributed by atoms with Crippen LogP contribution < -0.4 is 0 Å². The zero-order chi connectivity index (χ0) is 20.4. The van der Waals surface area contributed by atoms with E-state index in [1.807, 2.05) is 30.3 Å². The fraction of sp³-hybridized carbons (Fsp3) is 0.571. The lowest BCUT2D eigenvalue weighted by Gasteiger charge is -2.36. The molecule has 3 rings (SSSR count). The summed E-state index contributed by atoms with van der Waals surface area (Å²) in [7, 11) is 0. The van der Waals surface area contributed by atoms with Crippen LogP contribution >= 0.6 is 0 Å². The largest absolute Gasteiger partial charge is 0.458 e. The lowest BCUT2D eigenvalue weighted by Crippen LogP contribution is -2.51. The van der Waals surface area contributed by atoms with Crippen LogP contribution in [-0.4, -0.2) is 53.7 Å². The van der Waals surface area contributed by atoms with Gasteiger partial charge in [0.15, 0.2) is 12.1 Å². The third-order valence-electron chi connectivity index (χ3n) is 4.92. The average molecular weight is 392 g/mol. The van der Waals surface area contributed by atoms with Crippen molar-refractivity contribution in [3.05, 3.63) is 48.6 Å². The quantitative estimate of drug-likeness (QED) is 0.537. The molecular formula is C21H28O7. The summed E-state index contributed by atoms with van der Waals surface area (Å²) < 4.78 is 29.4. The Kier molecular flexibility index (Phi) is 6.21. The van der Waals surface area contributed by atoms with E-state index in [9.17, 15) is 9.90 Å². The highest BCUT2D eigenvalue weighted by Gasteiger charge is 2.62. The minimum absolute atomic E-state index is 0.173. The smallest absolute Gasteiger partial charge is 0.303 e. The van der Waals surface area contributed by atoms with Crippen LogP contribution in [0, 0.1) is 0 Å². The topological polar surface area (TPSA) is 83.5 Å². The van der Waals surface area contributed by atoms with Crippen LogP contribution in [0.1, 0.15) is 32.8 Å². The van der Waals surface area contributed by atoms with Crippen molar-refractivity contribution in [1.29, 1.82) is 0 Å². The molecule has 0 saturated carbocycles. The first kappa shape index (κ1) is 21.0. The second-order valence-electron chi connectivity index (χ2n) is 7.61. The van der Waals surface area contributed by atoms with E-state index in [0.29, 0.717) is 6.61 Å². The lowest BCUT2D eigenvalue weighted by atomic mass is 9.89. The van der Waals surface area contributed by atoms with E-state index < -0.39 is 42.0 Å². The summed E-state index contributed by atoms with van der Waals surface area (Å²) in [6, 6.07) is 9.70. The molecule has 2 aliphatic rings. The molecule has 5 atom stereocenters. The van der Waals surface area contributed by atoms with Crippen molar-refractivity contribution in [2.75, 3.05) is 6.61 Å². The zero-order valence-electron chi connectivity index (χ0n) is 16.5. The first-order valence-electron chi connectivity index (χ1n) is 9.38. The molecule has 154 valence electrons. The van der Waals surface area contributed by atoms with E-state index in [0.717, 1.165) is 5.56 Å². The van der Waals surface area contributed by atoms with E-state index >= 15 is 0 Å². The van der Waals surface area contributed by atoms with Gasteiger partial charge in [-0.3, -0.25) is 4.79 Å². The minimum Gasteiger partial charge on any atom is -0.458 e. The Morgan fingerprint density at radius 1 is 1.29 bits per heavy atom. The number of aliphatic hydroxyl groups is 1. The van der Waals surface area contributed by atoms with Crippen LogP contribution in [0.25, 0.3) is 0 Å². The summed E-state index contributed by atoms with van der Waals surface area (Å²) in [4.78, 5) is 11.4. The molecule has 0 radical (unpaired) electrons. The van der Waals surface area contributed by atoms with Crippen LogP contribution in [-0.2, 0) is 35.1 Å². The first-order chi connectivity index (χ1) is 13.3. The van der Waals surface area contributed by atoms with Gasteiger partial charge < -0.3 is 28.8 Å².